The minimum atomic E-state index is -0.169. The Balaban J connectivity index is 1.52. The molecule has 4 rings (SSSR count). The molecule has 0 atom stereocenters. The first-order valence-corrected chi connectivity index (χ1v) is 9.52. The van der Waals surface area contributed by atoms with E-state index in [9.17, 15) is 4.79 Å². The topological polar surface area (TPSA) is 78.3 Å². The lowest BCUT2D eigenvalue weighted by molar-refractivity contribution is 0.0950. The molecule has 0 saturated carbocycles. The fraction of sp³-hybridized carbons (Fsp3) is 0.174. The van der Waals surface area contributed by atoms with Crippen molar-refractivity contribution in [1.29, 1.82) is 0 Å². The second-order valence-corrected chi connectivity index (χ2v) is 6.79. The zero-order chi connectivity index (χ0) is 20.9. The van der Waals surface area contributed by atoms with E-state index in [4.69, 9.17) is 9.47 Å². The highest BCUT2D eigenvalue weighted by Gasteiger charge is 2.12. The van der Waals surface area contributed by atoms with Crippen LogP contribution >= 0.6 is 0 Å². The van der Waals surface area contributed by atoms with Gasteiger partial charge in [0.15, 0.2) is 5.65 Å². The molecule has 0 bridgehead atoms. The SMILES string of the molecule is COc1ccc(Cn2ncc3cc(C(=O)NCc4ccccc4)cnc32)c(OC)c1. The number of nitrogens with zero attached hydrogens (tertiary/aromatic N) is 3. The number of pyridine rings is 1. The van der Waals surface area contributed by atoms with Gasteiger partial charge in [-0.15, -0.1) is 0 Å². The summed E-state index contributed by atoms with van der Waals surface area (Å²) in [6.45, 7) is 0.956. The van der Waals surface area contributed by atoms with Crippen LogP contribution in [0.1, 0.15) is 21.5 Å². The first kappa shape index (κ1) is 19.4. The molecule has 0 aliphatic heterocycles. The maximum atomic E-state index is 12.5. The Morgan fingerprint density at radius 1 is 1.03 bits per heavy atom. The maximum absolute atomic E-state index is 12.5. The summed E-state index contributed by atoms with van der Waals surface area (Å²) in [6, 6.07) is 17.2. The summed E-state index contributed by atoms with van der Waals surface area (Å²) in [6.07, 6.45) is 3.29. The van der Waals surface area contributed by atoms with Crippen molar-refractivity contribution >= 4 is 16.9 Å². The van der Waals surface area contributed by atoms with Crippen molar-refractivity contribution in [1.82, 2.24) is 20.1 Å². The average molecular weight is 402 g/mol. The Labute approximate surface area is 174 Å². The molecule has 0 saturated heterocycles. The Morgan fingerprint density at radius 2 is 1.87 bits per heavy atom. The highest BCUT2D eigenvalue weighted by atomic mass is 16.5. The zero-order valence-electron chi connectivity index (χ0n) is 16.8. The summed E-state index contributed by atoms with van der Waals surface area (Å²) in [4.78, 5) is 17.0. The van der Waals surface area contributed by atoms with Gasteiger partial charge in [0.05, 0.1) is 32.5 Å². The molecule has 2 aromatic heterocycles. The first-order chi connectivity index (χ1) is 14.7. The molecule has 2 aromatic carbocycles. The number of amides is 1. The molecule has 152 valence electrons. The van der Waals surface area contributed by atoms with Gasteiger partial charge < -0.3 is 14.8 Å². The predicted octanol–water partition coefficient (Wildman–Crippen LogP) is 3.43. The number of ether oxygens (including phenoxy) is 2. The summed E-state index contributed by atoms with van der Waals surface area (Å²) in [7, 11) is 3.24. The summed E-state index contributed by atoms with van der Waals surface area (Å²) in [5, 5.41) is 8.16. The largest absolute Gasteiger partial charge is 0.497 e. The van der Waals surface area contributed by atoms with E-state index in [1.807, 2.05) is 48.5 Å². The molecule has 7 heteroatoms. The van der Waals surface area contributed by atoms with Crippen LogP contribution in [0.5, 0.6) is 11.5 Å². The second-order valence-electron chi connectivity index (χ2n) is 6.79. The van der Waals surface area contributed by atoms with Crippen molar-refractivity contribution in [3.8, 4) is 11.5 Å². The Bertz CT molecular complexity index is 1170. The third-order valence-electron chi connectivity index (χ3n) is 4.85. The first-order valence-electron chi connectivity index (χ1n) is 9.52. The molecule has 4 aromatic rings. The van der Waals surface area contributed by atoms with Gasteiger partial charge in [-0.2, -0.15) is 5.10 Å². The average Bonchev–Trinajstić information content (AvgIpc) is 3.20. The zero-order valence-corrected chi connectivity index (χ0v) is 16.8. The van der Waals surface area contributed by atoms with Gasteiger partial charge in [-0.25, -0.2) is 9.67 Å². The number of carbonyl (C=O) groups excluding carboxylic acids is 1. The van der Waals surface area contributed by atoms with Crippen molar-refractivity contribution in [3.63, 3.8) is 0 Å². The molecule has 7 nitrogen and oxygen atoms in total. The molecular weight excluding hydrogens is 380 g/mol. The molecule has 0 aliphatic rings. The van der Waals surface area contributed by atoms with Crippen molar-refractivity contribution in [2.75, 3.05) is 14.2 Å². The van der Waals surface area contributed by atoms with E-state index in [-0.39, 0.29) is 5.91 Å². The van der Waals surface area contributed by atoms with Gasteiger partial charge in [0, 0.05) is 29.8 Å². The van der Waals surface area contributed by atoms with Crippen LogP contribution in [0.4, 0.5) is 0 Å². The number of carbonyl (C=O) groups is 1. The molecule has 0 radical (unpaired) electrons. The van der Waals surface area contributed by atoms with E-state index in [0.717, 1.165) is 28.0 Å². The minimum absolute atomic E-state index is 0.169. The van der Waals surface area contributed by atoms with Gasteiger partial charge in [-0.3, -0.25) is 4.79 Å². The van der Waals surface area contributed by atoms with Crippen LogP contribution in [0.25, 0.3) is 11.0 Å². The van der Waals surface area contributed by atoms with Crippen LogP contribution in [0.2, 0.25) is 0 Å². The van der Waals surface area contributed by atoms with E-state index < -0.39 is 0 Å². The Morgan fingerprint density at radius 3 is 2.63 bits per heavy atom. The van der Waals surface area contributed by atoms with Crippen LogP contribution < -0.4 is 14.8 Å². The number of hydrogen-bond donors (Lipinski definition) is 1. The number of aromatic nitrogens is 3. The minimum Gasteiger partial charge on any atom is -0.497 e. The van der Waals surface area contributed by atoms with E-state index in [1.165, 1.54) is 0 Å². The predicted molar refractivity (Wildman–Crippen MR) is 114 cm³/mol. The monoisotopic (exact) mass is 402 g/mol. The van der Waals surface area contributed by atoms with Crippen molar-refractivity contribution in [2.24, 2.45) is 0 Å². The molecule has 1 amide bonds. The van der Waals surface area contributed by atoms with Crippen LogP contribution in [-0.4, -0.2) is 34.9 Å². The number of rotatable bonds is 7. The molecule has 0 fully saturated rings. The lowest BCUT2D eigenvalue weighted by Gasteiger charge is -2.11. The molecule has 0 aliphatic carbocycles. The standard InChI is InChI=1S/C23H22N4O3/c1-29-20-9-8-17(21(11-20)30-2)15-27-22-18(14-26-27)10-19(13-24-22)23(28)25-12-16-6-4-3-5-7-16/h3-11,13-14H,12,15H2,1-2H3,(H,25,28). The molecule has 1 N–H and O–H groups in total. The van der Waals surface area contributed by atoms with Gasteiger partial charge in [0.2, 0.25) is 0 Å². The van der Waals surface area contributed by atoms with E-state index in [1.54, 1.807) is 37.4 Å². The van der Waals surface area contributed by atoms with Gasteiger partial charge in [0.1, 0.15) is 11.5 Å². The van der Waals surface area contributed by atoms with E-state index in [0.29, 0.717) is 24.3 Å². The third-order valence-corrected chi connectivity index (χ3v) is 4.85. The van der Waals surface area contributed by atoms with E-state index in [2.05, 4.69) is 15.4 Å². The number of methoxy groups -OCH3 is 2. The molecule has 2 heterocycles. The molecular formula is C23H22N4O3. The molecule has 0 spiro atoms. The third kappa shape index (κ3) is 4.10. The van der Waals surface area contributed by atoms with Gasteiger partial charge in [-0.1, -0.05) is 30.3 Å². The molecule has 0 unspecified atom stereocenters. The normalized spacial score (nSPS) is 10.7. The Hall–Kier alpha value is -3.87. The van der Waals surface area contributed by atoms with Crippen LogP contribution in [0.15, 0.2) is 67.0 Å². The quantitative estimate of drug-likeness (QED) is 0.512. The fourth-order valence-corrected chi connectivity index (χ4v) is 3.24. The highest BCUT2D eigenvalue weighted by molar-refractivity contribution is 5.96. The lowest BCUT2D eigenvalue weighted by atomic mass is 10.2. The van der Waals surface area contributed by atoms with Crippen molar-refractivity contribution < 1.29 is 14.3 Å². The summed E-state index contributed by atoms with van der Waals surface area (Å²) < 4.78 is 12.5. The maximum Gasteiger partial charge on any atom is 0.253 e. The second kappa shape index (κ2) is 8.65. The van der Waals surface area contributed by atoms with Crippen LogP contribution in [0, 0.1) is 0 Å². The van der Waals surface area contributed by atoms with Gasteiger partial charge in [0.25, 0.3) is 5.91 Å². The number of fused-ring (bicyclic) bond motifs is 1. The molecule has 30 heavy (non-hydrogen) atoms. The van der Waals surface area contributed by atoms with E-state index >= 15 is 0 Å². The van der Waals surface area contributed by atoms with Gasteiger partial charge in [-0.05, 0) is 23.8 Å². The van der Waals surface area contributed by atoms with Crippen LogP contribution in [0.3, 0.4) is 0 Å². The smallest absolute Gasteiger partial charge is 0.253 e. The summed E-state index contributed by atoms with van der Waals surface area (Å²) in [5.74, 6) is 1.28. The highest BCUT2D eigenvalue weighted by Crippen LogP contribution is 2.26. The fourth-order valence-electron chi connectivity index (χ4n) is 3.24. The van der Waals surface area contributed by atoms with Crippen molar-refractivity contribution in [2.45, 2.75) is 13.1 Å². The number of hydrogen-bond acceptors (Lipinski definition) is 5. The Kier molecular flexibility index (Phi) is 5.61. The number of nitrogens with one attached hydrogen (secondary N) is 1. The van der Waals surface area contributed by atoms with Gasteiger partial charge >= 0.3 is 0 Å². The lowest BCUT2D eigenvalue weighted by Crippen LogP contribution is -2.22. The van der Waals surface area contributed by atoms with Crippen LogP contribution in [-0.2, 0) is 13.1 Å². The summed E-state index contributed by atoms with van der Waals surface area (Å²) >= 11 is 0. The van der Waals surface area contributed by atoms with Crippen molar-refractivity contribution in [3.05, 3.63) is 83.7 Å². The summed E-state index contributed by atoms with van der Waals surface area (Å²) in [5.41, 5.74) is 3.20. The number of benzene rings is 2.